The van der Waals surface area contributed by atoms with Gasteiger partial charge in [-0.1, -0.05) is 31.2 Å². The van der Waals surface area contributed by atoms with Crippen molar-refractivity contribution in [3.63, 3.8) is 0 Å². The van der Waals surface area contributed by atoms with Crippen molar-refractivity contribution in [1.29, 1.82) is 0 Å². The number of nitrogens with one attached hydrogen (secondary N) is 2. The number of Topliss-reactive ketones (excluding diaryl/α,β-unsaturated/α-hetero) is 1. The molecule has 0 aliphatic heterocycles. The van der Waals surface area contributed by atoms with Crippen LogP contribution in [0.25, 0.3) is 0 Å². The van der Waals surface area contributed by atoms with Crippen molar-refractivity contribution in [2.45, 2.75) is 38.1 Å². The Morgan fingerprint density at radius 2 is 1.58 bits per heavy atom. The summed E-state index contributed by atoms with van der Waals surface area (Å²) in [6.07, 6.45) is 0.896. The maximum Gasteiger partial charge on any atom is 0.242 e. The van der Waals surface area contributed by atoms with Crippen LogP contribution in [0.15, 0.2) is 53.4 Å². The van der Waals surface area contributed by atoms with E-state index in [1.54, 1.807) is 12.1 Å². The minimum atomic E-state index is -3.87. The molecule has 1 atom stereocenters. The van der Waals surface area contributed by atoms with Crippen molar-refractivity contribution in [2.24, 2.45) is 0 Å². The molecular formula is C19H22N2O4S. The number of hydrogen-bond donors (Lipinski definition) is 2. The number of aryl methyl sites for hydroxylation is 1. The number of hydrogen-bond acceptors (Lipinski definition) is 4. The molecule has 2 aromatic carbocycles. The first-order valence-corrected chi connectivity index (χ1v) is 9.74. The van der Waals surface area contributed by atoms with E-state index in [0.717, 1.165) is 12.0 Å². The Hall–Kier alpha value is -2.51. The van der Waals surface area contributed by atoms with E-state index in [2.05, 4.69) is 10.0 Å². The number of ketones is 1. The standard InChI is InChI=1S/C19H22N2O4S/c1-4-15-5-9-17(10-6-15)20-19(23)13(2)21-26(24,25)18-11-7-16(8-12-18)14(3)22/h5-13,21H,4H2,1-3H3,(H,20,23)/t13-/m0/s1. The van der Waals surface area contributed by atoms with E-state index in [0.29, 0.717) is 11.3 Å². The van der Waals surface area contributed by atoms with Gasteiger partial charge in [-0.3, -0.25) is 9.59 Å². The van der Waals surface area contributed by atoms with E-state index in [1.807, 2.05) is 19.1 Å². The third kappa shape index (κ3) is 5.00. The Balaban J connectivity index is 2.05. The summed E-state index contributed by atoms with van der Waals surface area (Å²) in [7, 11) is -3.87. The smallest absolute Gasteiger partial charge is 0.242 e. The van der Waals surface area contributed by atoms with E-state index in [1.165, 1.54) is 38.1 Å². The molecule has 6 nitrogen and oxygen atoms in total. The van der Waals surface area contributed by atoms with Crippen LogP contribution < -0.4 is 10.0 Å². The van der Waals surface area contributed by atoms with Crippen molar-refractivity contribution < 1.29 is 18.0 Å². The number of amides is 1. The van der Waals surface area contributed by atoms with E-state index in [9.17, 15) is 18.0 Å². The molecule has 26 heavy (non-hydrogen) atoms. The van der Waals surface area contributed by atoms with Crippen molar-refractivity contribution in [1.82, 2.24) is 4.72 Å². The first kappa shape index (κ1) is 19.8. The Labute approximate surface area is 153 Å². The summed E-state index contributed by atoms with van der Waals surface area (Å²) in [5.41, 5.74) is 2.17. The van der Waals surface area contributed by atoms with Gasteiger partial charge in [0.25, 0.3) is 0 Å². The van der Waals surface area contributed by atoms with Crippen LogP contribution in [0.3, 0.4) is 0 Å². The van der Waals surface area contributed by atoms with Gasteiger partial charge in [-0.15, -0.1) is 0 Å². The molecule has 0 unspecified atom stereocenters. The number of carbonyl (C=O) groups is 2. The monoisotopic (exact) mass is 374 g/mol. The predicted octanol–water partition coefficient (Wildman–Crippen LogP) is 2.76. The second kappa shape index (κ2) is 8.25. The summed E-state index contributed by atoms with van der Waals surface area (Å²) in [5, 5.41) is 2.68. The quantitative estimate of drug-likeness (QED) is 0.729. The Kier molecular flexibility index (Phi) is 6.28. The molecule has 1 amide bonds. The van der Waals surface area contributed by atoms with Gasteiger partial charge < -0.3 is 5.32 Å². The van der Waals surface area contributed by atoms with Crippen LogP contribution in [0.5, 0.6) is 0 Å². The molecule has 0 saturated carbocycles. The number of anilines is 1. The van der Waals surface area contributed by atoms with Gasteiger partial charge in [-0.2, -0.15) is 4.72 Å². The lowest BCUT2D eigenvalue weighted by Crippen LogP contribution is -2.41. The number of carbonyl (C=O) groups excluding carboxylic acids is 2. The van der Waals surface area contributed by atoms with Crippen LogP contribution in [-0.4, -0.2) is 26.2 Å². The van der Waals surface area contributed by atoms with E-state index in [4.69, 9.17) is 0 Å². The minimum Gasteiger partial charge on any atom is -0.325 e. The van der Waals surface area contributed by atoms with Crippen molar-refractivity contribution in [2.75, 3.05) is 5.32 Å². The highest BCUT2D eigenvalue weighted by Gasteiger charge is 2.22. The van der Waals surface area contributed by atoms with Gasteiger partial charge in [0.15, 0.2) is 5.78 Å². The highest BCUT2D eigenvalue weighted by molar-refractivity contribution is 7.89. The fourth-order valence-corrected chi connectivity index (χ4v) is 3.50. The second-order valence-electron chi connectivity index (χ2n) is 5.96. The third-order valence-electron chi connectivity index (χ3n) is 3.93. The Morgan fingerprint density at radius 3 is 2.08 bits per heavy atom. The van der Waals surface area contributed by atoms with Crippen molar-refractivity contribution >= 4 is 27.4 Å². The highest BCUT2D eigenvalue weighted by atomic mass is 32.2. The van der Waals surface area contributed by atoms with Gasteiger partial charge in [-0.25, -0.2) is 8.42 Å². The molecule has 7 heteroatoms. The fraction of sp³-hybridized carbons (Fsp3) is 0.263. The molecule has 0 heterocycles. The first-order chi connectivity index (χ1) is 12.2. The SMILES string of the molecule is CCc1ccc(NC(=O)[C@H](C)NS(=O)(=O)c2ccc(C(C)=O)cc2)cc1. The van der Waals surface area contributed by atoms with E-state index in [-0.39, 0.29) is 10.7 Å². The molecule has 0 aliphatic carbocycles. The van der Waals surface area contributed by atoms with Gasteiger partial charge >= 0.3 is 0 Å². The second-order valence-corrected chi connectivity index (χ2v) is 7.68. The maximum atomic E-state index is 12.4. The maximum absolute atomic E-state index is 12.4. The lowest BCUT2D eigenvalue weighted by molar-refractivity contribution is -0.117. The number of benzene rings is 2. The summed E-state index contributed by atoms with van der Waals surface area (Å²) in [5.74, 6) is -0.609. The molecule has 2 rings (SSSR count). The van der Waals surface area contributed by atoms with Crippen molar-refractivity contribution in [3.05, 3.63) is 59.7 Å². The summed E-state index contributed by atoms with van der Waals surface area (Å²) in [6.45, 7) is 4.91. The van der Waals surface area contributed by atoms with Crippen LogP contribution >= 0.6 is 0 Å². The average molecular weight is 374 g/mol. The molecule has 0 fully saturated rings. The lowest BCUT2D eigenvalue weighted by atomic mass is 10.1. The normalized spacial score (nSPS) is 12.4. The summed E-state index contributed by atoms with van der Waals surface area (Å²) >= 11 is 0. The third-order valence-corrected chi connectivity index (χ3v) is 5.48. The Bertz CT molecular complexity index is 888. The topological polar surface area (TPSA) is 92.3 Å². The molecular weight excluding hydrogens is 352 g/mol. The van der Waals surface area contributed by atoms with E-state index >= 15 is 0 Å². The van der Waals surface area contributed by atoms with Gasteiger partial charge in [0, 0.05) is 11.3 Å². The van der Waals surface area contributed by atoms with Crippen LogP contribution in [0.2, 0.25) is 0 Å². The van der Waals surface area contributed by atoms with Gasteiger partial charge in [0.05, 0.1) is 10.9 Å². The molecule has 0 bridgehead atoms. The van der Waals surface area contributed by atoms with Crippen LogP contribution in [0.1, 0.15) is 36.7 Å². The molecule has 2 N–H and O–H groups in total. The van der Waals surface area contributed by atoms with Gasteiger partial charge in [0.1, 0.15) is 0 Å². The van der Waals surface area contributed by atoms with Crippen LogP contribution in [-0.2, 0) is 21.2 Å². The van der Waals surface area contributed by atoms with Crippen molar-refractivity contribution in [3.8, 4) is 0 Å². The largest absolute Gasteiger partial charge is 0.325 e. The zero-order valence-corrected chi connectivity index (χ0v) is 15.8. The van der Waals surface area contributed by atoms with Gasteiger partial charge in [0.2, 0.25) is 15.9 Å². The molecule has 0 aliphatic rings. The highest BCUT2D eigenvalue weighted by Crippen LogP contribution is 2.13. The summed E-state index contributed by atoms with van der Waals surface area (Å²) in [6, 6.07) is 12.0. The summed E-state index contributed by atoms with van der Waals surface area (Å²) in [4.78, 5) is 23.5. The minimum absolute atomic E-state index is 0.00514. The van der Waals surface area contributed by atoms with Crippen LogP contribution in [0.4, 0.5) is 5.69 Å². The zero-order chi connectivity index (χ0) is 19.3. The molecule has 0 aromatic heterocycles. The molecule has 138 valence electrons. The van der Waals surface area contributed by atoms with Gasteiger partial charge in [-0.05, 0) is 50.1 Å². The average Bonchev–Trinajstić information content (AvgIpc) is 2.62. The van der Waals surface area contributed by atoms with Crippen LogP contribution in [0, 0.1) is 0 Å². The molecule has 0 radical (unpaired) electrons. The number of rotatable bonds is 7. The molecule has 0 spiro atoms. The zero-order valence-electron chi connectivity index (χ0n) is 14.9. The van der Waals surface area contributed by atoms with E-state index < -0.39 is 22.0 Å². The Morgan fingerprint density at radius 1 is 1.00 bits per heavy atom. The molecule has 0 saturated heterocycles. The predicted molar refractivity (Wildman–Crippen MR) is 101 cm³/mol. The lowest BCUT2D eigenvalue weighted by Gasteiger charge is -2.15. The summed E-state index contributed by atoms with van der Waals surface area (Å²) < 4.78 is 27.1. The fourth-order valence-electron chi connectivity index (χ4n) is 2.30. The number of sulfonamides is 1. The first-order valence-electron chi connectivity index (χ1n) is 8.26. The molecule has 2 aromatic rings.